The van der Waals surface area contributed by atoms with E-state index in [9.17, 15) is 19.8 Å². The fraction of sp³-hybridized carbons (Fsp3) is 0.474. The van der Waals surface area contributed by atoms with Gasteiger partial charge in [0.15, 0.2) is 0 Å². The summed E-state index contributed by atoms with van der Waals surface area (Å²) in [7, 11) is 0. The highest BCUT2D eigenvalue weighted by atomic mass is 16.4. The number of aliphatic carboxylic acids is 2. The molecule has 0 saturated carbocycles. The smallest absolute Gasteiger partial charge is 0.321 e. The molecule has 0 saturated heterocycles. The fourth-order valence-corrected chi connectivity index (χ4v) is 2.61. The van der Waals surface area contributed by atoms with Crippen LogP contribution in [0.3, 0.4) is 0 Å². The van der Waals surface area contributed by atoms with Crippen molar-refractivity contribution in [3.05, 3.63) is 47.3 Å². The van der Waals surface area contributed by atoms with Gasteiger partial charge in [-0.25, -0.2) is 0 Å². The number of hydrogen-bond donors (Lipinski definition) is 5. The number of nitrogens with two attached hydrogens (primary N) is 1. The Labute approximate surface area is 154 Å². The van der Waals surface area contributed by atoms with Gasteiger partial charge in [0, 0.05) is 24.9 Å². The van der Waals surface area contributed by atoms with Crippen molar-refractivity contribution in [3.8, 4) is 0 Å². The minimum Gasteiger partial charge on any atom is -0.480 e. The molecule has 0 amide bonds. The van der Waals surface area contributed by atoms with Crippen molar-refractivity contribution in [1.82, 2.24) is 10.6 Å². The molecule has 0 aliphatic rings. The summed E-state index contributed by atoms with van der Waals surface area (Å²) in [4.78, 5) is 23.0. The summed E-state index contributed by atoms with van der Waals surface area (Å²) in [6.45, 7) is 6.29. The van der Waals surface area contributed by atoms with Crippen molar-refractivity contribution in [2.45, 2.75) is 52.2 Å². The number of benzene rings is 1. The number of aryl methyl sites for hydroxylation is 1. The Morgan fingerprint density at radius 3 is 2.27 bits per heavy atom. The van der Waals surface area contributed by atoms with E-state index in [1.165, 1.54) is 6.20 Å². The van der Waals surface area contributed by atoms with Crippen LogP contribution in [0, 0.1) is 12.8 Å². The number of nitrogens with one attached hydrogen (secondary N) is 2. The van der Waals surface area contributed by atoms with Gasteiger partial charge in [-0.05, 0) is 30.4 Å². The molecule has 1 rings (SSSR count). The molecule has 0 aromatic heterocycles. The Bertz CT molecular complexity index is 643. The molecule has 7 nitrogen and oxygen atoms in total. The first-order valence-corrected chi connectivity index (χ1v) is 8.65. The summed E-state index contributed by atoms with van der Waals surface area (Å²) in [5.74, 6) is -2.05. The van der Waals surface area contributed by atoms with Crippen molar-refractivity contribution in [3.63, 3.8) is 0 Å². The molecular formula is C19H29N3O4. The highest BCUT2D eigenvalue weighted by molar-refractivity contribution is 5.77. The van der Waals surface area contributed by atoms with Crippen molar-refractivity contribution in [1.29, 1.82) is 0 Å². The van der Waals surface area contributed by atoms with E-state index in [-0.39, 0.29) is 12.3 Å². The van der Waals surface area contributed by atoms with E-state index in [1.54, 1.807) is 0 Å². The normalized spacial score (nSPS) is 14.1. The van der Waals surface area contributed by atoms with Crippen molar-refractivity contribution >= 4 is 11.9 Å². The standard InChI is InChI=1S/C19H29N3O4/c1-12(2)8-16(18(23)24)22-17(19(25)26)9-15(10-20)21-11-14-7-5-4-6-13(14)3/h4-7,10,12,16-17,21-22H,8-9,11,20H2,1-3H3,(H,23,24)(H,25,26)/b15-10-/t16?,17-/m0/s1. The van der Waals surface area contributed by atoms with E-state index in [1.807, 2.05) is 45.0 Å². The molecule has 0 bridgehead atoms. The zero-order valence-corrected chi connectivity index (χ0v) is 15.5. The highest BCUT2D eigenvalue weighted by Crippen LogP contribution is 2.11. The molecule has 2 atom stereocenters. The second-order valence-electron chi connectivity index (χ2n) is 6.75. The molecule has 144 valence electrons. The summed E-state index contributed by atoms with van der Waals surface area (Å²) in [5, 5.41) is 24.6. The third-order valence-corrected chi connectivity index (χ3v) is 4.10. The number of carbonyl (C=O) groups is 2. The Balaban J connectivity index is 2.75. The van der Waals surface area contributed by atoms with Gasteiger partial charge in [0.2, 0.25) is 0 Å². The summed E-state index contributed by atoms with van der Waals surface area (Å²) < 4.78 is 0. The molecule has 0 spiro atoms. The van der Waals surface area contributed by atoms with Crippen LogP contribution in [-0.4, -0.2) is 34.2 Å². The molecule has 0 fully saturated rings. The molecule has 6 N–H and O–H groups in total. The van der Waals surface area contributed by atoms with E-state index in [2.05, 4.69) is 10.6 Å². The first kappa shape index (κ1) is 21.5. The maximum absolute atomic E-state index is 11.6. The molecule has 0 aliphatic heterocycles. The third-order valence-electron chi connectivity index (χ3n) is 4.10. The average molecular weight is 363 g/mol. The van der Waals surface area contributed by atoms with Crippen LogP contribution in [0.1, 0.15) is 37.8 Å². The van der Waals surface area contributed by atoms with Crippen LogP contribution in [0.15, 0.2) is 36.2 Å². The van der Waals surface area contributed by atoms with E-state index < -0.39 is 24.0 Å². The number of carboxylic acids is 2. The van der Waals surface area contributed by atoms with E-state index >= 15 is 0 Å². The van der Waals surface area contributed by atoms with Crippen LogP contribution < -0.4 is 16.4 Å². The minimum atomic E-state index is -1.11. The van der Waals surface area contributed by atoms with E-state index in [4.69, 9.17) is 5.73 Å². The second-order valence-corrected chi connectivity index (χ2v) is 6.75. The summed E-state index contributed by atoms with van der Waals surface area (Å²) in [5.41, 5.74) is 8.37. The van der Waals surface area contributed by atoms with Crippen LogP contribution in [0.4, 0.5) is 0 Å². The highest BCUT2D eigenvalue weighted by Gasteiger charge is 2.27. The number of carboxylic acid groups (broad SMARTS) is 2. The quantitative estimate of drug-likeness (QED) is 0.406. The van der Waals surface area contributed by atoms with Crippen LogP contribution >= 0.6 is 0 Å². The fourth-order valence-electron chi connectivity index (χ4n) is 2.61. The van der Waals surface area contributed by atoms with Crippen molar-refractivity contribution < 1.29 is 19.8 Å². The molecule has 0 aliphatic carbocycles. The van der Waals surface area contributed by atoms with E-state index in [0.717, 1.165) is 11.1 Å². The van der Waals surface area contributed by atoms with Crippen LogP contribution in [0.5, 0.6) is 0 Å². The van der Waals surface area contributed by atoms with Gasteiger partial charge in [-0.15, -0.1) is 0 Å². The molecule has 0 heterocycles. The predicted molar refractivity (Wildman–Crippen MR) is 100 cm³/mol. The van der Waals surface area contributed by atoms with E-state index in [0.29, 0.717) is 18.7 Å². The third kappa shape index (κ3) is 7.14. The zero-order valence-electron chi connectivity index (χ0n) is 15.5. The van der Waals surface area contributed by atoms with Gasteiger partial charge in [-0.2, -0.15) is 0 Å². The maximum atomic E-state index is 11.6. The van der Waals surface area contributed by atoms with Crippen molar-refractivity contribution in [2.75, 3.05) is 0 Å². The van der Waals surface area contributed by atoms with Gasteiger partial charge in [0.25, 0.3) is 0 Å². The lowest BCUT2D eigenvalue weighted by molar-refractivity contribution is -0.142. The average Bonchev–Trinajstić information content (AvgIpc) is 2.57. The van der Waals surface area contributed by atoms with Gasteiger partial charge in [0.1, 0.15) is 12.1 Å². The molecular weight excluding hydrogens is 334 g/mol. The van der Waals surface area contributed by atoms with Gasteiger partial charge < -0.3 is 21.3 Å². The first-order chi connectivity index (χ1) is 12.2. The SMILES string of the molecule is Cc1ccccc1CN/C(=C\N)C[C@H](NC(CC(C)C)C(=O)O)C(=O)O. The predicted octanol–water partition coefficient (Wildman–Crippen LogP) is 1.82. The van der Waals surface area contributed by atoms with Crippen LogP contribution in [0.2, 0.25) is 0 Å². The van der Waals surface area contributed by atoms with Gasteiger partial charge >= 0.3 is 11.9 Å². The molecule has 26 heavy (non-hydrogen) atoms. The Kier molecular flexibility index (Phi) is 8.64. The molecule has 1 unspecified atom stereocenters. The lowest BCUT2D eigenvalue weighted by Crippen LogP contribution is -2.48. The molecule has 1 aromatic carbocycles. The van der Waals surface area contributed by atoms with Gasteiger partial charge in [-0.1, -0.05) is 38.1 Å². The molecule has 7 heteroatoms. The maximum Gasteiger partial charge on any atom is 0.321 e. The summed E-state index contributed by atoms with van der Waals surface area (Å²) in [6, 6.07) is 5.88. The van der Waals surface area contributed by atoms with Crippen LogP contribution in [0.25, 0.3) is 0 Å². The van der Waals surface area contributed by atoms with Crippen molar-refractivity contribution in [2.24, 2.45) is 11.7 Å². The van der Waals surface area contributed by atoms with Gasteiger partial charge in [0.05, 0.1) is 0 Å². The lowest BCUT2D eigenvalue weighted by Gasteiger charge is -2.23. The second kappa shape index (κ2) is 10.5. The number of rotatable bonds is 11. The largest absolute Gasteiger partial charge is 0.480 e. The minimum absolute atomic E-state index is 0.0690. The van der Waals surface area contributed by atoms with Crippen LogP contribution in [-0.2, 0) is 16.1 Å². The Hall–Kier alpha value is -2.54. The first-order valence-electron chi connectivity index (χ1n) is 8.65. The zero-order chi connectivity index (χ0) is 19.7. The monoisotopic (exact) mass is 363 g/mol. The lowest BCUT2D eigenvalue weighted by atomic mass is 10.0. The Morgan fingerprint density at radius 2 is 1.77 bits per heavy atom. The van der Waals surface area contributed by atoms with Gasteiger partial charge in [-0.3, -0.25) is 14.9 Å². The topological polar surface area (TPSA) is 125 Å². The Morgan fingerprint density at radius 1 is 1.15 bits per heavy atom. The summed E-state index contributed by atoms with van der Waals surface area (Å²) in [6.07, 6.45) is 1.74. The number of hydrogen-bond acceptors (Lipinski definition) is 5. The molecule has 0 radical (unpaired) electrons. The summed E-state index contributed by atoms with van der Waals surface area (Å²) >= 11 is 0. The molecule has 1 aromatic rings.